The number of rotatable bonds is 3. The Morgan fingerprint density at radius 1 is 1.05 bits per heavy atom. The Kier molecular flexibility index (Phi) is 3.05. The maximum atomic E-state index is 12.7. The van der Waals surface area contributed by atoms with Crippen molar-refractivity contribution in [2.75, 3.05) is 0 Å². The third-order valence-corrected chi connectivity index (χ3v) is 3.97. The summed E-state index contributed by atoms with van der Waals surface area (Å²) in [6.45, 7) is 4.06. The molecule has 0 radical (unpaired) electrons. The predicted molar refractivity (Wildman–Crippen MR) is 77.4 cm³/mol. The van der Waals surface area contributed by atoms with E-state index in [2.05, 4.69) is 11.9 Å². The van der Waals surface area contributed by atoms with E-state index in [1.807, 2.05) is 6.92 Å². The zero-order valence-electron chi connectivity index (χ0n) is 11.7. The van der Waals surface area contributed by atoms with E-state index in [-0.39, 0.29) is 11.6 Å². The highest BCUT2D eigenvalue weighted by atomic mass is 16.1. The average Bonchev–Trinajstić information content (AvgIpc) is 2.80. The van der Waals surface area contributed by atoms with E-state index in [0.29, 0.717) is 22.4 Å². The molecule has 0 bridgehead atoms. The number of H-pyrrole nitrogens is 1. The Morgan fingerprint density at radius 2 is 1.70 bits per heavy atom. The molecule has 1 aliphatic carbocycles. The molecule has 3 nitrogen and oxygen atoms in total. The van der Waals surface area contributed by atoms with Crippen LogP contribution in [0.15, 0.2) is 24.3 Å². The lowest BCUT2D eigenvalue weighted by Crippen LogP contribution is -2.21. The Labute approximate surface area is 118 Å². The van der Waals surface area contributed by atoms with Crippen molar-refractivity contribution in [2.45, 2.75) is 33.1 Å². The van der Waals surface area contributed by atoms with E-state index in [1.54, 1.807) is 24.3 Å². The Morgan fingerprint density at radius 3 is 2.35 bits per heavy atom. The average molecular weight is 267 g/mol. The van der Waals surface area contributed by atoms with E-state index in [1.165, 1.54) is 0 Å². The van der Waals surface area contributed by atoms with Crippen molar-refractivity contribution >= 4 is 11.6 Å². The molecule has 0 saturated heterocycles. The summed E-state index contributed by atoms with van der Waals surface area (Å²) in [5.41, 5.74) is 4.06. The number of carbonyl (C=O) groups excluding carboxylic acids is 2. The molecule has 1 N–H and O–H groups in total. The van der Waals surface area contributed by atoms with Crippen molar-refractivity contribution < 1.29 is 9.59 Å². The van der Waals surface area contributed by atoms with Crippen LogP contribution in [0.5, 0.6) is 0 Å². The fourth-order valence-electron chi connectivity index (χ4n) is 2.90. The summed E-state index contributed by atoms with van der Waals surface area (Å²) in [5.74, 6) is -0.0910. The molecule has 1 aromatic heterocycles. The van der Waals surface area contributed by atoms with Gasteiger partial charge in [0.1, 0.15) is 0 Å². The second-order valence-electron chi connectivity index (χ2n) is 5.29. The van der Waals surface area contributed by atoms with Gasteiger partial charge in [0.25, 0.3) is 0 Å². The van der Waals surface area contributed by atoms with Crippen LogP contribution in [0.3, 0.4) is 0 Å². The third kappa shape index (κ3) is 1.73. The van der Waals surface area contributed by atoms with Crippen LogP contribution >= 0.6 is 0 Å². The first kappa shape index (κ1) is 12.9. The molecule has 3 rings (SSSR count). The fraction of sp³-hybridized carbons (Fsp3) is 0.294. The highest BCUT2D eigenvalue weighted by Gasteiger charge is 2.33. The Balaban J connectivity index is 2.18. The molecule has 0 fully saturated rings. The van der Waals surface area contributed by atoms with E-state index < -0.39 is 0 Å². The summed E-state index contributed by atoms with van der Waals surface area (Å²) in [6.07, 6.45) is 2.93. The molecular formula is C17H17NO2. The lowest BCUT2D eigenvalue weighted by molar-refractivity contribution is 0.0976. The fourth-order valence-corrected chi connectivity index (χ4v) is 2.90. The van der Waals surface area contributed by atoms with Crippen LogP contribution in [0.2, 0.25) is 0 Å². The monoisotopic (exact) mass is 267 g/mol. The smallest absolute Gasteiger partial charge is 0.210 e. The molecule has 102 valence electrons. The highest BCUT2D eigenvalue weighted by Crippen LogP contribution is 2.31. The third-order valence-electron chi connectivity index (χ3n) is 3.97. The molecule has 1 heterocycles. The van der Waals surface area contributed by atoms with Crippen LogP contribution in [0.4, 0.5) is 0 Å². The molecule has 2 aromatic rings. The molecule has 3 heteroatoms. The SMILES string of the molecule is CCCCc1c(C)[nH]c2c1C(=O)c1ccccc1C2=O. The standard InChI is InChI=1S/C17H17NO2/c1-3-4-7-11-10(2)18-15-14(11)16(19)12-8-5-6-9-13(12)17(15)20/h5-6,8-9,18H,3-4,7H2,1-2H3. The molecule has 20 heavy (non-hydrogen) atoms. The van der Waals surface area contributed by atoms with Gasteiger partial charge in [-0.3, -0.25) is 9.59 Å². The number of aromatic amines is 1. The summed E-state index contributed by atoms with van der Waals surface area (Å²) in [6, 6.07) is 7.06. The van der Waals surface area contributed by atoms with Crippen LogP contribution in [0, 0.1) is 6.92 Å². The van der Waals surface area contributed by atoms with Crippen molar-refractivity contribution in [3.8, 4) is 0 Å². The summed E-state index contributed by atoms with van der Waals surface area (Å²) in [5, 5.41) is 0. The van der Waals surface area contributed by atoms with Crippen LogP contribution in [0.1, 0.15) is 63.0 Å². The first-order chi connectivity index (χ1) is 9.65. The van der Waals surface area contributed by atoms with Gasteiger partial charge in [-0.25, -0.2) is 0 Å². The van der Waals surface area contributed by atoms with Gasteiger partial charge in [-0.05, 0) is 25.3 Å². The minimum Gasteiger partial charge on any atom is -0.355 e. The molecule has 0 amide bonds. The van der Waals surface area contributed by atoms with Crippen molar-refractivity contribution in [3.63, 3.8) is 0 Å². The van der Waals surface area contributed by atoms with Gasteiger partial charge in [0.15, 0.2) is 5.78 Å². The molecule has 0 aliphatic heterocycles. The summed E-state index contributed by atoms with van der Waals surface area (Å²) >= 11 is 0. The Hall–Kier alpha value is -2.16. The van der Waals surface area contributed by atoms with E-state index in [0.717, 1.165) is 30.5 Å². The number of carbonyl (C=O) groups is 2. The molecule has 0 atom stereocenters. The maximum Gasteiger partial charge on any atom is 0.210 e. The number of unbranched alkanes of at least 4 members (excludes halogenated alkanes) is 1. The van der Waals surface area contributed by atoms with Crippen molar-refractivity contribution in [3.05, 3.63) is 57.9 Å². The van der Waals surface area contributed by atoms with E-state index >= 15 is 0 Å². The lowest BCUT2D eigenvalue weighted by atomic mass is 9.85. The summed E-state index contributed by atoms with van der Waals surface area (Å²) in [7, 11) is 0. The number of aromatic nitrogens is 1. The number of aryl methyl sites for hydroxylation is 1. The van der Waals surface area contributed by atoms with E-state index in [4.69, 9.17) is 0 Å². The van der Waals surface area contributed by atoms with Crippen molar-refractivity contribution in [1.29, 1.82) is 0 Å². The number of benzene rings is 1. The van der Waals surface area contributed by atoms with Crippen LogP contribution < -0.4 is 0 Å². The van der Waals surface area contributed by atoms with E-state index in [9.17, 15) is 9.59 Å². The quantitative estimate of drug-likeness (QED) is 0.790. The topological polar surface area (TPSA) is 49.9 Å². The molecule has 1 aromatic carbocycles. The van der Waals surface area contributed by atoms with Gasteiger partial charge in [-0.1, -0.05) is 37.6 Å². The van der Waals surface area contributed by atoms with Gasteiger partial charge in [0.05, 0.1) is 11.3 Å². The molecule has 0 saturated carbocycles. The largest absolute Gasteiger partial charge is 0.355 e. The van der Waals surface area contributed by atoms with Crippen molar-refractivity contribution in [2.24, 2.45) is 0 Å². The van der Waals surface area contributed by atoms with Gasteiger partial charge >= 0.3 is 0 Å². The second kappa shape index (κ2) is 4.75. The maximum absolute atomic E-state index is 12.7. The van der Waals surface area contributed by atoms with Gasteiger partial charge in [0, 0.05) is 16.8 Å². The van der Waals surface area contributed by atoms with Gasteiger partial charge in [-0.2, -0.15) is 0 Å². The number of ketones is 2. The summed E-state index contributed by atoms with van der Waals surface area (Å²) in [4.78, 5) is 28.3. The summed E-state index contributed by atoms with van der Waals surface area (Å²) < 4.78 is 0. The minimum absolute atomic E-state index is 0.0225. The minimum atomic E-state index is -0.0685. The first-order valence-corrected chi connectivity index (χ1v) is 7.05. The number of fused-ring (bicyclic) bond motifs is 2. The van der Waals surface area contributed by atoms with Crippen molar-refractivity contribution in [1.82, 2.24) is 4.98 Å². The second-order valence-corrected chi connectivity index (χ2v) is 5.29. The highest BCUT2D eigenvalue weighted by molar-refractivity contribution is 6.28. The van der Waals surface area contributed by atoms with Crippen LogP contribution in [0.25, 0.3) is 0 Å². The number of hydrogen-bond donors (Lipinski definition) is 1. The predicted octanol–water partition coefficient (Wildman–Crippen LogP) is 3.44. The van der Waals surface area contributed by atoms with Gasteiger partial charge in [0.2, 0.25) is 5.78 Å². The van der Waals surface area contributed by atoms with Gasteiger partial charge in [-0.15, -0.1) is 0 Å². The first-order valence-electron chi connectivity index (χ1n) is 7.05. The lowest BCUT2D eigenvalue weighted by Gasteiger charge is -2.15. The normalized spacial score (nSPS) is 13.3. The molecule has 0 spiro atoms. The van der Waals surface area contributed by atoms with Crippen LogP contribution in [-0.4, -0.2) is 16.6 Å². The zero-order chi connectivity index (χ0) is 14.3. The zero-order valence-corrected chi connectivity index (χ0v) is 11.7. The van der Waals surface area contributed by atoms with Gasteiger partial charge < -0.3 is 4.98 Å². The number of hydrogen-bond acceptors (Lipinski definition) is 2. The molecule has 0 unspecified atom stereocenters. The Bertz CT molecular complexity index is 710. The van der Waals surface area contributed by atoms with Crippen LogP contribution in [-0.2, 0) is 6.42 Å². The number of nitrogens with one attached hydrogen (secondary N) is 1. The molecular weight excluding hydrogens is 250 g/mol. The molecule has 1 aliphatic rings.